The molecule has 1 N–H and O–H groups in total. The third-order valence-corrected chi connectivity index (χ3v) is 7.45. The number of rotatable bonds is 9. The fraction of sp³-hybridized carbons (Fsp3) is 0.481. The molecule has 2 aliphatic heterocycles. The fourth-order valence-corrected chi connectivity index (χ4v) is 5.40. The van der Waals surface area contributed by atoms with E-state index in [9.17, 15) is 24.3 Å². The van der Waals surface area contributed by atoms with Crippen molar-refractivity contribution >= 4 is 23.7 Å². The Hall–Kier alpha value is -3.50. The van der Waals surface area contributed by atoms with E-state index in [0.717, 1.165) is 11.6 Å². The molecule has 1 unspecified atom stereocenters. The smallest absolute Gasteiger partial charge is 0.330 e. The van der Waals surface area contributed by atoms with Crippen LogP contribution in [0.1, 0.15) is 24.8 Å². The molecule has 4 atom stereocenters. The highest BCUT2D eigenvalue weighted by atomic mass is 16.6. The van der Waals surface area contributed by atoms with E-state index in [1.807, 2.05) is 30.3 Å². The topological polar surface area (TPSA) is 117 Å². The lowest BCUT2D eigenvalue weighted by Gasteiger charge is -2.45. The molecule has 1 aromatic carbocycles. The third kappa shape index (κ3) is 5.17. The van der Waals surface area contributed by atoms with Crippen LogP contribution in [0.3, 0.4) is 0 Å². The van der Waals surface area contributed by atoms with Crippen molar-refractivity contribution in [2.75, 3.05) is 26.7 Å². The van der Waals surface area contributed by atoms with Gasteiger partial charge in [0, 0.05) is 39.1 Å². The van der Waals surface area contributed by atoms with Crippen LogP contribution in [-0.2, 0) is 35.1 Å². The monoisotopic (exact) mass is 511 g/mol. The average Bonchev–Trinajstić information content (AvgIpc) is 3.60. The number of nitrogens with zero attached hydrogens (tertiary/aromatic N) is 3. The lowest BCUT2D eigenvalue weighted by atomic mass is 9.99. The van der Waals surface area contributed by atoms with Crippen molar-refractivity contribution < 1.29 is 33.8 Å². The van der Waals surface area contributed by atoms with Gasteiger partial charge in [-0.05, 0) is 24.5 Å². The maximum Gasteiger partial charge on any atom is 0.330 e. The number of benzene rings is 1. The summed E-state index contributed by atoms with van der Waals surface area (Å²) in [6.07, 6.45) is 1.78. The number of piperazine rings is 1. The first-order valence-corrected chi connectivity index (χ1v) is 12.4. The van der Waals surface area contributed by atoms with Gasteiger partial charge in [-0.15, -0.1) is 0 Å². The van der Waals surface area contributed by atoms with Crippen molar-refractivity contribution in [3.8, 4) is 0 Å². The molecule has 0 aromatic heterocycles. The molecule has 10 heteroatoms. The van der Waals surface area contributed by atoms with Crippen molar-refractivity contribution in [1.29, 1.82) is 0 Å². The van der Waals surface area contributed by atoms with Gasteiger partial charge in [0.05, 0.1) is 12.6 Å². The summed E-state index contributed by atoms with van der Waals surface area (Å²) in [5, 5.41) is 10.5. The molecular weight excluding hydrogens is 478 g/mol. The number of ether oxygens (including phenoxy) is 2. The molecule has 37 heavy (non-hydrogen) atoms. The summed E-state index contributed by atoms with van der Waals surface area (Å²) in [4.78, 5) is 56.7. The van der Waals surface area contributed by atoms with Gasteiger partial charge in [-0.2, -0.15) is 0 Å². The second-order valence-corrected chi connectivity index (χ2v) is 9.61. The molecule has 0 bridgehead atoms. The van der Waals surface area contributed by atoms with Gasteiger partial charge >= 0.3 is 5.97 Å². The number of methoxy groups -OCH3 is 1. The second kappa shape index (κ2) is 10.9. The summed E-state index contributed by atoms with van der Waals surface area (Å²) in [6, 6.07) is 7.71. The predicted octanol–water partition coefficient (Wildman–Crippen LogP) is 0.651. The zero-order valence-electron chi connectivity index (χ0n) is 21.0. The quantitative estimate of drug-likeness (QED) is 0.294. The Labute approximate surface area is 216 Å². The minimum absolute atomic E-state index is 0.0447. The van der Waals surface area contributed by atoms with Gasteiger partial charge < -0.3 is 29.3 Å². The Kier molecular flexibility index (Phi) is 7.79. The predicted molar refractivity (Wildman–Crippen MR) is 133 cm³/mol. The molecule has 3 fully saturated rings. The summed E-state index contributed by atoms with van der Waals surface area (Å²) in [6.45, 7) is 7.48. The highest BCUT2D eigenvalue weighted by Gasteiger charge is 2.61. The first kappa shape index (κ1) is 26.6. The van der Waals surface area contributed by atoms with Crippen molar-refractivity contribution in [3.05, 3.63) is 61.2 Å². The number of likely N-dealkylation sites (tertiary alicyclic amines) is 1. The Morgan fingerprint density at radius 1 is 1.16 bits per heavy atom. The van der Waals surface area contributed by atoms with E-state index >= 15 is 0 Å². The number of carbonyl (C=O) groups is 4. The number of carbonyl (C=O) groups excluding carboxylic acids is 4. The zero-order valence-corrected chi connectivity index (χ0v) is 21.0. The summed E-state index contributed by atoms with van der Waals surface area (Å²) in [5.74, 6) is -1.57. The fourth-order valence-electron chi connectivity index (χ4n) is 5.40. The maximum atomic E-state index is 14.1. The molecule has 1 aromatic rings. The summed E-state index contributed by atoms with van der Waals surface area (Å²) < 4.78 is 10.5. The first-order valence-electron chi connectivity index (χ1n) is 12.4. The zero-order chi connectivity index (χ0) is 26.7. The van der Waals surface area contributed by atoms with Crippen LogP contribution in [0.4, 0.5) is 0 Å². The van der Waals surface area contributed by atoms with Gasteiger partial charge in [0.25, 0.3) is 0 Å². The number of amides is 3. The van der Waals surface area contributed by atoms with Crippen LogP contribution >= 0.6 is 0 Å². The SMILES string of the molecule is C=CC(=O)O[C@@H]1C[C@@H](C(O)OC)N(C(=O)[C@H](Cc2ccccc2)N2CCN(C(=O)C=C)C3(CC3)C2=O)C1. The number of aliphatic hydroxyl groups excluding tert-OH is 1. The Morgan fingerprint density at radius 2 is 1.86 bits per heavy atom. The van der Waals surface area contributed by atoms with Crippen LogP contribution in [0.2, 0.25) is 0 Å². The van der Waals surface area contributed by atoms with Gasteiger partial charge in [0.2, 0.25) is 17.7 Å². The van der Waals surface area contributed by atoms with Crippen LogP contribution in [0.25, 0.3) is 0 Å². The minimum Gasteiger partial charge on any atom is -0.457 e. The molecule has 198 valence electrons. The molecule has 3 aliphatic rings. The van der Waals surface area contributed by atoms with Crippen LogP contribution in [-0.4, -0.2) is 100 Å². The van der Waals surface area contributed by atoms with Gasteiger partial charge in [0.1, 0.15) is 17.7 Å². The van der Waals surface area contributed by atoms with E-state index in [2.05, 4.69) is 13.2 Å². The van der Waals surface area contributed by atoms with Gasteiger partial charge in [-0.1, -0.05) is 43.5 Å². The Bertz CT molecular complexity index is 1070. The average molecular weight is 512 g/mol. The van der Waals surface area contributed by atoms with Crippen molar-refractivity contribution in [1.82, 2.24) is 14.7 Å². The molecule has 2 saturated heterocycles. The molecule has 2 heterocycles. The molecule has 1 aliphatic carbocycles. The van der Waals surface area contributed by atoms with Gasteiger partial charge in [-0.3, -0.25) is 14.4 Å². The molecule has 10 nitrogen and oxygen atoms in total. The molecule has 1 spiro atoms. The molecule has 1 saturated carbocycles. The summed E-state index contributed by atoms with van der Waals surface area (Å²) in [7, 11) is 1.33. The van der Waals surface area contributed by atoms with Crippen LogP contribution in [0, 0.1) is 0 Å². The highest BCUT2D eigenvalue weighted by molar-refractivity contribution is 6.00. The first-order chi connectivity index (χ1) is 17.7. The summed E-state index contributed by atoms with van der Waals surface area (Å²) in [5.41, 5.74) is -0.0854. The van der Waals surface area contributed by atoms with Gasteiger partial charge in [-0.25, -0.2) is 4.79 Å². The highest BCUT2D eigenvalue weighted by Crippen LogP contribution is 2.46. The van der Waals surface area contributed by atoms with Crippen molar-refractivity contribution in [2.24, 2.45) is 0 Å². The minimum atomic E-state index is -1.30. The van der Waals surface area contributed by atoms with E-state index < -0.39 is 36.0 Å². The van der Waals surface area contributed by atoms with Gasteiger partial charge in [0.15, 0.2) is 6.29 Å². The van der Waals surface area contributed by atoms with Crippen molar-refractivity contribution in [2.45, 2.75) is 55.7 Å². The van der Waals surface area contributed by atoms with Crippen LogP contribution < -0.4 is 0 Å². The largest absolute Gasteiger partial charge is 0.457 e. The normalized spacial score (nSPS) is 23.9. The lowest BCUT2D eigenvalue weighted by molar-refractivity contribution is -0.163. The second-order valence-electron chi connectivity index (χ2n) is 9.61. The molecule has 3 amide bonds. The number of hydrogen-bond donors (Lipinski definition) is 1. The summed E-state index contributed by atoms with van der Waals surface area (Å²) >= 11 is 0. The van der Waals surface area contributed by atoms with Crippen LogP contribution in [0.5, 0.6) is 0 Å². The van der Waals surface area contributed by atoms with E-state index in [0.29, 0.717) is 19.4 Å². The van der Waals surface area contributed by atoms with E-state index in [-0.39, 0.29) is 43.7 Å². The maximum absolute atomic E-state index is 14.1. The van der Waals surface area contributed by atoms with E-state index in [1.165, 1.54) is 18.1 Å². The van der Waals surface area contributed by atoms with E-state index in [4.69, 9.17) is 9.47 Å². The Morgan fingerprint density at radius 3 is 2.46 bits per heavy atom. The van der Waals surface area contributed by atoms with Crippen LogP contribution in [0.15, 0.2) is 55.6 Å². The molecule has 0 radical (unpaired) electrons. The number of aliphatic hydroxyl groups is 1. The molecule has 4 rings (SSSR count). The molecular formula is C27H33N3O7. The standard InChI is InChI=1S/C27H33N3O7/c1-4-22(31)30-14-13-28(26(35)27(30)11-12-27)20(15-18-9-7-6-8-10-18)24(33)29-17-19(37-23(32)5-2)16-21(29)25(34)36-3/h4-10,19-21,25,34H,1-2,11-17H2,3H3/t19-,20+,21+,25?/m1/s1. The number of esters is 1. The number of hydrogen-bond acceptors (Lipinski definition) is 7. The third-order valence-electron chi connectivity index (χ3n) is 7.45. The lowest BCUT2D eigenvalue weighted by Crippen LogP contribution is -2.65. The van der Waals surface area contributed by atoms with E-state index in [1.54, 1.807) is 9.80 Å². The van der Waals surface area contributed by atoms with Crippen molar-refractivity contribution in [3.63, 3.8) is 0 Å². The Balaban J connectivity index is 1.64.